The van der Waals surface area contributed by atoms with Gasteiger partial charge in [0.15, 0.2) is 0 Å². The van der Waals surface area contributed by atoms with E-state index < -0.39 is 0 Å². The molecule has 0 radical (unpaired) electrons. The van der Waals surface area contributed by atoms with Gasteiger partial charge in [-0.15, -0.1) is 0 Å². The number of hydrogen-bond acceptors (Lipinski definition) is 6. The third kappa shape index (κ3) is 6.72. The first-order valence-corrected chi connectivity index (χ1v) is 14.9. The molecule has 5 aromatic rings. The number of likely N-dealkylation sites (N-methyl/N-ethyl adjacent to an activating group) is 1. The van der Waals surface area contributed by atoms with Gasteiger partial charge in [0.05, 0.1) is 29.0 Å². The molecule has 0 bridgehead atoms. The Morgan fingerprint density at radius 3 is 2.39 bits per heavy atom. The number of carbonyl (C=O) groups is 1. The summed E-state index contributed by atoms with van der Waals surface area (Å²) in [5, 5.41) is 2.96. The lowest BCUT2D eigenvalue weighted by atomic mass is 9.99. The van der Waals surface area contributed by atoms with E-state index >= 15 is 0 Å². The Labute approximate surface area is 257 Å². The minimum Gasteiger partial charge on any atom is -0.494 e. The van der Waals surface area contributed by atoms with Gasteiger partial charge in [-0.3, -0.25) is 9.79 Å². The smallest absolute Gasteiger partial charge is 0.251 e. The van der Waals surface area contributed by atoms with Gasteiger partial charge in [-0.2, -0.15) is 0 Å². The SMILES string of the molecule is COCCCOc1ccc(-c2nc3ccc(-c4ccc5c(c4)N=C(c4ccc(C(=O)NCCN(C)C)cc4)C5)cc3[nH]2)cc1. The molecule has 224 valence electrons. The summed E-state index contributed by atoms with van der Waals surface area (Å²) in [6.07, 6.45) is 1.62. The zero-order chi connectivity index (χ0) is 30.5. The first-order valence-electron chi connectivity index (χ1n) is 14.9. The van der Waals surface area contributed by atoms with Crippen molar-refractivity contribution >= 4 is 28.3 Å². The molecule has 0 aliphatic carbocycles. The van der Waals surface area contributed by atoms with Gasteiger partial charge < -0.3 is 24.7 Å². The summed E-state index contributed by atoms with van der Waals surface area (Å²) in [5.74, 6) is 1.60. The number of aliphatic imine (C=N–C) groups is 1. The lowest BCUT2D eigenvalue weighted by molar-refractivity contribution is 0.0951. The van der Waals surface area contributed by atoms with Crippen molar-refractivity contribution in [3.63, 3.8) is 0 Å². The van der Waals surface area contributed by atoms with Gasteiger partial charge in [-0.1, -0.05) is 30.3 Å². The Balaban J connectivity index is 1.14. The van der Waals surface area contributed by atoms with E-state index in [0.29, 0.717) is 25.3 Å². The van der Waals surface area contributed by atoms with Crippen LogP contribution in [0.25, 0.3) is 33.5 Å². The van der Waals surface area contributed by atoms with Crippen LogP contribution in [0.1, 0.15) is 27.9 Å². The van der Waals surface area contributed by atoms with Crippen molar-refractivity contribution < 1.29 is 14.3 Å². The van der Waals surface area contributed by atoms with Crippen LogP contribution in [-0.2, 0) is 11.2 Å². The van der Waals surface area contributed by atoms with Crippen molar-refractivity contribution in [1.82, 2.24) is 20.2 Å². The minimum absolute atomic E-state index is 0.0574. The van der Waals surface area contributed by atoms with Gasteiger partial charge in [-0.05, 0) is 90.9 Å². The van der Waals surface area contributed by atoms with E-state index in [1.54, 1.807) is 7.11 Å². The monoisotopic (exact) mass is 587 g/mol. The topological polar surface area (TPSA) is 91.8 Å². The highest BCUT2D eigenvalue weighted by atomic mass is 16.5. The van der Waals surface area contributed by atoms with E-state index in [0.717, 1.165) is 75.6 Å². The molecule has 0 fully saturated rings. The molecule has 0 saturated carbocycles. The quantitative estimate of drug-likeness (QED) is 0.168. The summed E-state index contributed by atoms with van der Waals surface area (Å²) in [6, 6.07) is 28.5. The molecule has 1 aromatic heterocycles. The van der Waals surface area contributed by atoms with Crippen LogP contribution in [0.4, 0.5) is 5.69 Å². The predicted molar refractivity (Wildman–Crippen MR) is 176 cm³/mol. The molecular weight excluding hydrogens is 550 g/mol. The van der Waals surface area contributed by atoms with Crippen molar-refractivity contribution in [2.75, 3.05) is 47.5 Å². The number of amides is 1. The molecule has 0 spiro atoms. The van der Waals surface area contributed by atoms with E-state index in [1.807, 2.05) is 67.5 Å². The Bertz CT molecular complexity index is 1790. The van der Waals surface area contributed by atoms with Crippen LogP contribution in [0.2, 0.25) is 0 Å². The van der Waals surface area contributed by atoms with Crippen LogP contribution >= 0.6 is 0 Å². The van der Waals surface area contributed by atoms with E-state index in [-0.39, 0.29) is 5.91 Å². The summed E-state index contributed by atoms with van der Waals surface area (Å²) in [6.45, 7) is 2.74. The second-order valence-corrected chi connectivity index (χ2v) is 11.3. The van der Waals surface area contributed by atoms with Crippen LogP contribution in [0.5, 0.6) is 5.75 Å². The number of benzene rings is 4. The second kappa shape index (κ2) is 13.2. The van der Waals surface area contributed by atoms with Crippen molar-refractivity contribution in [2.45, 2.75) is 12.8 Å². The number of methoxy groups -OCH3 is 1. The van der Waals surface area contributed by atoms with Gasteiger partial charge in [0.1, 0.15) is 11.6 Å². The van der Waals surface area contributed by atoms with Crippen LogP contribution in [0, 0.1) is 0 Å². The number of nitrogens with one attached hydrogen (secondary N) is 2. The Morgan fingerprint density at radius 1 is 0.886 bits per heavy atom. The largest absolute Gasteiger partial charge is 0.494 e. The highest BCUT2D eigenvalue weighted by Crippen LogP contribution is 2.34. The summed E-state index contributed by atoms with van der Waals surface area (Å²) < 4.78 is 10.9. The van der Waals surface area contributed by atoms with Gasteiger partial charge in [0.25, 0.3) is 5.91 Å². The maximum absolute atomic E-state index is 12.5. The number of aromatic amines is 1. The second-order valence-electron chi connectivity index (χ2n) is 11.3. The maximum Gasteiger partial charge on any atom is 0.251 e. The molecule has 4 aromatic carbocycles. The lowest BCUT2D eigenvalue weighted by Crippen LogP contribution is -2.31. The normalized spacial score (nSPS) is 12.4. The number of fused-ring (bicyclic) bond motifs is 2. The first kappa shape index (κ1) is 29.3. The first-order chi connectivity index (χ1) is 21.5. The fraction of sp³-hybridized carbons (Fsp3) is 0.250. The number of H-pyrrole nitrogens is 1. The highest BCUT2D eigenvalue weighted by molar-refractivity contribution is 6.07. The highest BCUT2D eigenvalue weighted by Gasteiger charge is 2.18. The van der Waals surface area contributed by atoms with Crippen LogP contribution in [0.15, 0.2) is 89.9 Å². The van der Waals surface area contributed by atoms with Gasteiger partial charge in [-0.25, -0.2) is 4.98 Å². The molecule has 0 saturated heterocycles. The number of rotatable bonds is 12. The molecule has 6 rings (SSSR count). The van der Waals surface area contributed by atoms with Crippen LogP contribution in [0.3, 0.4) is 0 Å². The number of carbonyl (C=O) groups excluding carboxylic acids is 1. The van der Waals surface area contributed by atoms with Crippen LogP contribution < -0.4 is 10.1 Å². The standard InChI is InChI=1S/C36H37N5O3/c1-41(2)18-17-37-36(42)26-7-5-24(6-8-26)32-23-29-10-9-27(21-33(29)38-32)28-13-16-31-34(22-28)40-35(39-31)25-11-14-30(15-12-25)44-20-4-19-43-3/h5-16,21-22H,4,17-20,23H2,1-3H3,(H,37,42)(H,39,40). The molecule has 0 atom stereocenters. The van der Waals surface area contributed by atoms with E-state index in [4.69, 9.17) is 19.5 Å². The molecule has 1 aliphatic rings. The van der Waals surface area contributed by atoms with E-state index in [2.05, 4.69) is 46.7 Å². The fourth-order valence-corrected chi connectivity index (χ4v) is 5.27. The minimum atomic E-state index is -0.0574. The average Bonchev–Trinajstić information content (AvgIpc) is 3.67. The maximum atomic E-state index is 12.5. The molecule has 8 nitrogen and oxygen atoms in total. The number of nitrogens with zero attached hydrogens (tertiary/aromatic N) is 3. The predicted octanol–water partition coefficient (Wildman–Crippen LogP) is 6.28. The molecular formula is C36H37N5O3. The summed E-state index contributed by atoms with van der Waals surface area (Å²) in [4.78, 5) is 27.8. The fourth-order valence-electron chi connectivity index (χ4n) is 5.27. The van der Waals surface area contributed by atoms with Crippen molar-refractivity contribution in [3.05, 3.63) is 102 Å². The zero-order valence-electron chi connectivity index (χ0n) is 25.4. The number of aromatic nitrogens is 2. The summed E-state index contributed by atoms with van der Waals surface area (Å²) >= 11 is 0. The molecule has 1 amide bonds. The molecule has 44 heavy (non-hydrogen) atoms. The summed E-state index contributed by atoms with van der Waals surface area (Å²) in [5.41, 5.74) is 9.99. The molecule has 2 N–H and O–H groups in total. The number of hydrogen-bond donors (Lipinski definition) is 2. The van der Waals surface area contributed by atoms with Gasteiger partial charge in [0.2, 0.25) is 0 Å². The van der Waals surface area contributed by atoms with Crippen LogP contribution in [-0.4, -0.2) is 74.0 Å². The molecule has 2 heterocycles. The van der Waals surface area contributed by atoms with Crippen molar-refractivity contribution in [1.29, 1.82) is 0 Å². The van der Waals surface area contributed by atoms with Gasteiger partial charge >= 0.3 is 0 Å². The third-order valence-electron chi connectivity index (χ3n) is 7.73. The Hall–Kier alpha value is -4.79. The molecule has 1 aliphatic heterocycles. The van der Waals surface area contributed by atoms with Crippen molar-refractivity contribution in [2.24, 2.45) is 4.99 Å². The Kier molecular flexibility index (Phi) is 8.81. The van der Waals surface area contributed by atoms with Crippen molar-refractivity contribution in [3.8, 4) is 28.3 Å². The summed E-state index contributed by atoms with van der Waals surface area (Å²) in [7, 11) is 5.67. The van der Waals surface area contributed by atoms with Gasteiger partial charge in [0, 0.05) is 50.8 Å². The third-order valence-corrected chi connectivity index (χ3v) is 7.73. The molecule has 8 heteroatoms. The average molecular weight is 588 g/mol. The Morgan fingerprint density at radius 2 is 1.61 bits per heavy atom. The zero-order valence-corrected chi connectivity index (χ0v) is 25.4. The molecule has 0 unspecified atom stereocenters. The van der Waals surface area contributed by atoms with E-state index in [1.165, 1.54) is 5.56 Å². The number of imidazole rings is 1. The lowest BCUT2D eigenvalue weighted by Gasteiger charge is -2.10. The number of ether oxygens (including phenoxy) is 2. The van der Waals surface area contributed by atoms with E-state index in [9.17, 15) is 4.79 Å².